The summed E-state index contributed by atoms with van der Waals surface area (Å²) in [5.41, 5.74) is -1.46. The summed E-state index contributed by atoms with van der Waals surface area (Å²) in [6.07, 6.45) is -18.3. The number of imidazole rings is 1. The first-order valence-electron chi connectivity index (χ1n) is 9.38. The summed E-state index contributed by atoms with van der Waals surface area (Å²) in [7, 11) is -5.98. The molecule has 0 aliphatic heterocycles. The van der Waals surface area contributed by atoms with Gasteiger partial charge < -0.3 is 0 Å². The van der Waals surface area contributed by atoms with Gasteiger partial charge in [0.05, 0.1) is 0 Å². The number of hydrogen-bond acceptors (Lipinski definition) is 3. The van der Waals surface area contributed by atoms with Crippen LogP contribution in [0.2, 0.25) is 0 Å². The molecule has 0 saturated carbocycles. The fourth-order valence-corrected chi connectivity index (χ4v) is 2.54. The first kappa shape index (κ1) is 39.6. The Labute approximate surface area is 217 Å². The van der Waals surface area contributed by atoms with Gasteiger partial charge >= 0.3 is 70.1 Å². The van der Waals surface area contributed by atoms with Crippen molar-refractivity contribution in [2.24, 2.45) is 0 Å². The van der Waals surface area contributed by atoms with Gasteiger partial charge in [0.1, 0.15) is 0 Å². The molecule has 5 nitrogen and oxygen atoms in total. The zero-order chi connectivity index (χ0) is 34.5. The highest BCUT2D eigenvalue weighted by Gasteiger charge is 2.91. The molecule has 27 heteroatoms. The van der Waals surface area contributed by atoms with Crippen LogP contribution in [0.5, 0.6) is 0 Å². The minimum atomic E-state index is -8.29. The molecular weight excluding hydrogens is 687 g/mol. The maximum absolute atomic E-state index is 14.1. The average molecular weight is 696 g/mol. The number of aromatic nitrogens is 2. The van der Waals surface area contributed by atoms with E-state index >= 15 is 0 Å². The lowest BCUT2D eigenvalue weighted by atomic mass is 9.93. The fourth-order valence-electron chi connectivity index (χ4n) is 2.31. The van der Waals surface area contributed by atoms with Crippen molar-refractivity contribution in [3.63, 3.8) is 0 Å². The molecule has 1 heterocycles. The Morgan fingerprint density at radius 2 is 1.10 bits per heavy atom. The minimum Gasteiger partial charge on any atom is -0.281 e. The summed E-state index contributed by atoms with van der Waals surface area (Å²) < 4.78 is 293. The monoisotopic (exact) mass is 696 g/mol. The lowest BCUT2D eigenvalue weighted by molar-refractivity contribution is -0.442. The molecule has 0 saturated heterocycles. The first-order valence-corrected chi connectivity index (χ1v) is 10.8. The first-order chi connectivity index (χ1) is 18.1. The largest absolute Gasteiger partial charge is 0.460 e. The topological polar surface area (TPSA) is 72.2 Å². The van der Waals surface area contributed by atoms with Gasteiger partial charge in [-0.25, -0.2) is 22.5 Å². The molecule has 1 aromatic rings. The van der Waals surface area contributed by atoms with Gasteiger partial charge in [-0.1, -0.05) is 6.92 Å². The van der Waals surface area contributed by atoms with Crippen molar-refractivity contribution in [2.75, 3.05) is 0 Å². The van der Waals surface area contributed by atoms with E-state index in [0.717, 1.165) is 6.92 Å². The van der Waals surface area contributed by atoms with Crippen LogP contribution in [0.1, 0.15) is 18.4 Å². The van der Waals surface area contributed by atoms with Crippen LogP contribution >= 0.6 is 0 Å². The van der Waals surface area contributed by atoms with Gasteiger partial charge in [0.25, 0.3) is 0 Å². The summed E-state index contributed by atoms with van der Waals surface area (Å²) in [6.45, 7) is 0.752. The Bertz CT molecular complexity index is 1190. The van der Waals surface area contributed by atoms with Gasteiger partial charge in [0.2, 0.25) is 0 Å². The molecule has 1 rings (SSSR count). The van der Waals surface area contributed by atoms with Crippen LogP contribution in [0.3, 0.4) is 0 Å². The molecule has 0 fully saturated rings. The van der Waals surface area contributed by atoms with Gasteiger partial charge in [0, 0.05) is 11.9 Å². The molecule has 0 bridgehead atoms. The van der Waals surface area contributed by atoms with Gasteiger partial charge in [0.15, 0.2) is 5.82 Å². The number of hydrogen-bond donors (Lipinski definition) is 1. The van der Waals surface area contributed by atoms with Crippen molar-refractivity contribution in [1.29, 1.82) is 0 Å². The van der Waals surface area contributed by atoms with E-state index in [9.17, 15) is 101 Å². The molecule has 250 valence electrons. The third-order valence-electron chi connectivity index (χ3n) is 4.57. The molecular formula is C15H9F21N2O3S. The molecule has 0 aliphatic carbocycles. The highest BCUT2D eigenvalue weighted by Crippen LogP contribution is 2.62. The Hall–Kier alpha value is -2.35. The van der Waals surface area contributed by atoms with Gasteiger partial charge in [-0.15, -0.1) is 0 Å². The van der Waals surface area contributed by atoms with Crippen LogP contribution < -0.4 is 0 Å². The lowest BCUT2D eigenvalue weighted by Crippen LogP contribution is -2.69. The summed E-state index contributed by atoms with van der Waals surface area (Å²) in [6, 6.07) is -5.90. The lowest BCUT2D eigenvalue weighted by Gasteiger charge is -2.39. The Morgan fingerprint density at radius 1 is 0.714 bits per heavy atom. The molecule has 42 heavy (non-hydrogen) atoms. The van der Waals surface area contributed by atoms with E-state index in [1.807, 2.05) is 0 Å². The Kier molecular flexibility index (Phi) is 10.7. The maximum Gasteiger partial charge on any atom is 0.460 e. The SMILES string of the molecule is CCc1cnc(C(F)(F)C(F)(F)C(F)(F)C(F)(F)C(F)(F)C(F)(F)F)n1C(F)(F)C(F)F.O=S(=O)(O)C(F)(F)C(F)F. The minimum absolute atomic E-state index is 0.254. The van der Waals surface area contributed by atoms with E-state index in [0.29, 0.717) is 0 Å². The Balaban J connectivity index is 0.00000143. The molecule has 0 aliphatic rings. The zero-order valence-corrected chi connectivity index (χ0v) is 19.8. The van der Waals surface area contributed by atoms with Gasteiger partial charge in [-0.2, -0.15) is 83.1 Å². The standard InChI is InChI=1S/C13H7F17N2.C2H2F4O3S/c1-2-4-3-31-6(32(4)8(18,19)5(14)15)7(16,17)9(20,21)10(22,23)11(24,25)12(26,27)13(28,29)30;3-1(4)2(5,6)10(7,8)9/h3,5H,2H2,1H3;1H,(H,7,8,9). The molecule has 1 aromatic heterocycles. The third-order valence-corrected chi connectivity index (χ3v) is 5.44. The van der Waals surface area contributed by atoms with E-state index in [1.165, 1.54) is 0 Å². The average Bonchev–Trinajstić information content (AvgIpc) is 3.23. The molecule has 0 unspecified atom stereocenters. The third kappa shape index (κ3) is 6.15. The predicted molar refractivity (Wildman–Crippen MR) is 90.0 cm³/mol. The van der Waals surface area contributed by atoms with E-state index in [1.54, 1.807) is 0 Å². The molecule has 0 aromatic carbocycles. The van der Waals surface area contributed by atoms with Crippen LogP contribution in [0.4, 0.5) is 92.2 Å². The molecule has 0 spiro atoms. The quantitative estimate of drug-likeness (QED) is 0.208. The van der Waals surface area contributed by atoms with Crippen molar-refractivity contribution in [1.82, 2.24) is 9.55 Å². The maximum atomic E-state index is 14.1. The summed E-state index contributed by atoms with van der Waals surface area (Å²) in [4.78, 5) is 2.11. The second-order valence-electron chi connectivity index (χ2n) is 7.36. The highest BCUT2D eigenvalue weighted by atomic mass is 32.2. The number of aryl methyl sites for hydroxylation is 1. The number of alkyl halides is 21. The normalized spacial score (nSPS) is 15.3. The van der Waals surface area contributed by atoms with Crippen LogP contribution in [-0.2, 0) is 28.5 Å². The highest BCUT2D eigenvalue weighted by molar-refractivity contribution is 7.86. The van der Waals surface area contributed by atoms with Crippen molar-refractivity contribution >= 4 is 10.1 Å². The summed E-state index contributed by atoms with van der Waals surface area (Å²) in [5.74, 6) is -43.2. The second kappa shape index (κ2) is 11.3. The number of nitrogens with zero attached hydrogens (tertiary/aromatic N) is 2. The summed E-state index contributed by atoms with van der Waals surface area (Å²) in [5, 5.41) is -5.37. The van der Waals surface area contributed by atoms with Crippen molar-refractivity contribution in [3.05, 3.63) is 17.7 Å². The van der Waals surface area contributed by atoms with Gasteiger partial charge in [-0.05, 0) is 6.42 Å². The van der Waals surface area contributed by atoms with E-state index in [2.05, 4.69) is 4.98 Å². The predicted octanol–water partition coefficient (Wildman–Crippen LogP) is 7.19. The van der Waals surface area contributed by atoms with Crippen molar-refractivity contribution in [2.45, 2.75) is 73.3 Å². The van der Waals surface area contributed by atoms with Crippen LogP contribution in [0, 0.1) is 0 Å². The van der Waals surface area contributed by atoms with Gasteiger partial charge in [-0.3, -0.25) is 9.12 Å². The smallest absolute Gasteiger partial charge is 0.281 e. The number of rotatable bonds is 10. The molecule has 1 N–H and O–H groups in total. The van der Waals surface area contributed by atoms with E-state index < -0.39 is 92.6 Å². The summed E-state index contributed by atoms with van der Waals surface area (Å²) >= 11 is 0. The molecule has 0 amide bonds. The van der Waals surface area contributed by atoms with Crippen molar-refractivity contribution in [3.8, 4) is 0 Å². The van der Waals surface area contributed by atoms with Crippen LogP contribution in [-0.4, -0.2) is 70.5 Å². The van der Waals surface area contributed by atoms with Crippen LogP contribution in [0.15, 0.2) is 6.20 Å². The van der Waals surface area contributed by atoms with Crippen LogP contribution in [0.25, 0.3) is 0 Å². The van der Waals surface area contributed by atoms with E-state index in [-0.39, 0.29) is 6.20 Å². The van der Waals surface area contributed by atoms with E-state index in [4.69, 9.17) is 4.55 Å². The fraction of sp³-hybridized carbons (Fsp3) is 0.800. The number of halogens is 21. The van der Waals surface area contributed by atoms with Crippen molar-refractivity contribution < 1.29 is 105 Å². The second-order valence-corrected chi connectivity index (χ2v) is 8.85. The molecule has 0 atom stereocenters. The molecule has 0 radical (unpaired) electrons. The Morgan fingerprint density at radius 3 is 1.36 bits per heavy atom. The zero-order valence-electron chi connectivity index (χ0n) is 18.9.